The monoisotopic (exact) mass is 222 g/mol. The lowest BCUT2D eigenvalue weighted by Gasteiger charge is -2.02. The quantitative estimate of drug-likeness (QED) is 0.434. The summed E-state index contributed by atoms with van der Waals surface area (Å²) in [7, 11) is 0. The molecule has 0 fully saturated rings. The Morgan fingerprint density at radius 3 is 2.45 bits per heavy atom. The lowest BCUT2D eigenvalue weighted by Crippen LogP contribution is -2.09. The van der Waals surface area contributed by atoms with Crippen molar-refractivity contribution in [1.29, 1.82) is 0 Å². The van der Waals surface area contributed by atoms with E-state index in [1.807, 2.05) is 5.43 Å². The van der Waals surface area contributed by atoms with Crippen LogP contribution in [0.2, 0.25) is 0 Å². The summed E-state index contributed by atoms with van der Waals surface area (Å²) in [6.07, 6.45) is 0. The van der Waals surface area contributed by atoms with Crippen molar-refractivity contribution in [2.45, 2.75) is 0 Å². The molecule has 0 heterocycles. The molecule has 0 unspecified atom stereocenters. The molecule has 0 bridgehead atoms. The highest BCUT2D eigenvalue weighted by Gasteiger charge is 2.09. The second kappa shape index (κ2) is 3.15. The molecule has 0 saturated heterocycles. The Balaban J connectivity index is 3.25. The van der Waals surface area contributed by atoms with Crippen LogP contribution in [0.1, 0.15) is 0 Å². The van der Waals surface area contributed by atoms with Crippen LogP contribution in [0.25, 0.3) is 0 Å². The third-order valence-electron chi connectivity index (χ3n) is 1.19. The maximum atomic E-state index is 12.7. The summed E-state index contributed by atoms with van der Waals surface area (Å²) in [4.78, 5) is 0. The van der Waals surface area contributed by atoms with E-state index in [9.17, 15) is 8.78 Å². The predicted molar refractivity (Wildman–Crippen MR) is 41.9 cm³/mol. The van der Waals surface area contributed by atoms with E-state index < -0.39 is 11.6 Å². The zero-order valence-corrected chi connectivity index (χ0v) is 6.95. The molecule has 3 N–H and O–H groups in total. The average Bonchev–Trinajstić information content (AvgIpc) is 2.01. The number of hydrogen-bond donors (Lipinski definition) is 2. The van der Waals surface area contributed by atoms with Gasteiger partial charge in [0.1, 0.15) is 0 Å². The lowest BCUT2D eigenvalue weighted by molar-refractivity contribution is 0.506. The minimum Gasteiger partial charge on any atom is -0.321 e. The first-order valence-electron chi connectivity index (χ1n) is 2.77. The van der Waals surface area contributed by atoms with Crippen LogP contribution in [-0.2, 0) is 0 Å². The second-order valence-electron chi connectivity index (χ2n) is 1.87. The molecule has 0 aliphatic rings. The molecule has 0 radical (unpaired) electrons. The highest BCUT2D eigenvalue weighted by molar-refractivity contribution is 9.10. The summed E-state index contributed by atoms with van der Waals surface area (Å²) in [6.45, 7) is 0. The van der Waals surface area contributed by atoms with E-state index >= 15 is 0 Å². The van der Waals surface area contributed by atoms with E-state index in [0.717, 1.165) is 0 Å². The van der Waals surface area contributed by atoms with Crippen LogP contribution in [-0.4, -0.2) is 0 Å². The fraction of sp³-hybridized carbons (Fsp3) is 0. The fourth-order valence-corrected chi connectivity index (χ4v) is 0.944. The van der Waals surface area contributed by atoms with Gasteiger partial charge in [0, 0.05) is 0 Å². The number of benzene rings is 1. The molecular formula is C6H5BrF2N2. The van der Waals surface area contributed by atoms with Gasteiger partial charge in [-0.2, -0.15) is 0 Å². The second-order valence-corrected chi connectivity index (χ2v) is 2.72. The topological polar surface area (TPSA) is 38.0 Å². The summed E-state index contributed by atoms with van der Waals surface area (Å²) in [5, 5.41) is 0. The molecule has 0 atom stereocenters. The zero-order chi connectivity index (χ0) is 8.43. The van der Waals surface area contributed by atoms with Crippen LogP contribution in [0, 0.1) is 11.6 Å². The molecular weight excluding hydrogens is 218 g/mol. The standard InChI is InChI=1S/C6H5BrF2N2/c7-3-1-2-4(11-10)6(9)5(3)8/h1-2,11H,10H2. The van der Waals surface area contributed by atoms with Gasteiger partial charge in [-0.1, -0.05) is 0 Å². The van der Waals surface area contributed by atoms with Gasteiger partial charge < -0.3 is 5.43 Å². The van der Waals surface area contributed by atoms with Crippen molar-refractivity contribution in [2.75, 3.05) is 5.43 Å². The maximum Gasteiger partial charge on any atom is 0.184 e. The number of nitrogens with one attached hydrogen (secondary N) is 1. The molecule has 1 rings (SSSR count). The summed E-state index contributed by atoms with van der Waals surface area (Å²) in [5.41, 5.74) is 1.96. The minimum absolute atomic E-state index is 0.0642. The van der Waals surface area contributed by atoms with Gasteiger partial charge in [-0.3, -0.25) is 5.84 Å². The van der Waals surface area contributed by atoms with Gasteiger partial charge in [0.25, 0.3) is 0 Å². The molecule has 1 aromatic carbocycles. The van der Waals surface area contributed by atoms with Crippen LogP contribution in [0.3, 0.4) is 0 Å². The van der Waals surface area contributed by atoms with Crippen LogP contribution < -0.4 is 11.3 Å². The number of anilines is 1. The molecule has 0 aliphatic carbocycles. The molecule has 5 heteroatoms. The van der Waals surface area contributed by atoms with Gasteiger partial charge in [-0.05, 0) is 28.1 Å². The third-order valence-corrected chi connectivity index (χ3v) is 1.80. The Bertz CT molecular complexity index is 278. The smallest absolute Gasteiger partial charge is 0.184 e. The summed E-state index contributed by atoms with van der Waals surface area (Å²) < 4.78 is 25.5. The molecule has 60 valence electrons. The van der Waals surface area contributed by atoms with E-state index in [1.54, 1.807) is 0 Å². The summed E-state index contributed by atoms with van der Waals surface area (Å²) in [6, 6.07) is 2.70. The molecule has 0 spiro atoms. The van der Waals surface area contributed by atoms with Gasteiger partial charge in [0.15, 0.2) is 11.6 Å². The average molecular weight is 223 g/mol. The summed E-state index contributed by atoms with van der Waals surface area (Å²) in [5.74, 6) is 2.97. The molecule has 0 aromatic heterocycles. The predicted octanol–water partition coefficient (Wildman–Crippen LogP) is 2.01. The van der Waals surface area contributed by atoms with E-state index in [2.05, 4.69) is 15.9 Å². The largest absolute Gasteiger partial charge is 0.321 e. The number of rotatable bonds is 1. The minimum atomic E-state index is -0.984. The fourth-order valence-electron chi connectivity index (χ4n) is 0.637. The zero-order valence-electron chi connectivity index (χ0n) is 5.37. The molecule has 1 aromatic rings. The number of nitrogen functional groups attached to an aromatic ring is 1. The van der Waals surface area contributed by atoms with Crippen molar-refractivity contribution in [3.8, 4) is 0 Å². The van der Waals surface area contributed by atoms with Crippen LogP contribution >= 0.6 is 15.9 Å². The lowest BCUT2D eigenvalue weighted by atomic mass is 10.3. The first-order chi connectivity index (χ1) is 5.16. The Morgan fingerprint density at radius 1 is 1.27 bits per heavy atom. The highest BCUT2D eigenvalue weighted by atomic mass is 79.9. The highest BCUT2D eigenvalue weighted by Crippen LogP contribution is 2.23. The van der Waals surface area contributed by atoms with Gasteiger partial charge >= 0.3 is 0 Å². The van der Waals surface area contributed by atoms with E-state index in [4.69, 9.17) is 5.84 Å². The van der Waals surface area contributed by atoms with Crippen molar-refractivity contribution in [3.05, 3.63) is 28.2 Å². The number of hydrazine groups is 1. The first kappa shape index (κ1) is 8.42. The van der Waals surface area contributed by atoms with Gasteiger partial charge in [-0.25, -0.2) is 8.78 Å². The van der Waals surface area contributed by atoms with Crippen molar-refractivity contribution in [3.63, 3.8) is 0 Å². The maximum absolute atomic E-state index is 12.7. The SMILES string of the molecule is NNc1ccc(Br)c(F)c1F. The van der Waals surface area contributed by atoms with Crippen molar-refractivity contribution >= 4 is 21.6 Å². The molecule has 0 aliphatic heterocycles. The van der Waals surface area contributed by atoms with Crippen molar-refractivity contribution < 1.29 is 8.78 Å². The van der Waals surface area contributed by atoms with E-state index in [0.29, 0.717) is 0 Å². The number of hydrogen-bond acceptors (Lipinski definition) is 2. The van der Waals surface area contributed by atoms with Crippen LogP contribution in [0.15, 0.2) is 16.6 Å². The number of halogens is 3. The van der Waals surface area contributed by atoms with Crippen molar-refractivity contribution in [2.24, 2.45) is 5.84 Å². The van der Waals surface area contributed by atoms with Gasteiger partial charge in [0.05, 0.1) is 10.2 Å². The molecule has 2 nitrogen and oxygen atoms in total. The summed E-state index contributed by atoms with van der Waals surface area (Å²) >= 11 is 2.83. The Kier molecular flexibility index (Phi) is 2.41. The van der Waals surface area contributed by atoms with Crippen LogP contribution in [0.4, 0.5) is 14.5 Å². The van der Waals surface area contributed by atoms with E-state index in [-0.39, 0.29) is 10.2 Å². The normalized spacial score (nSPS) is 9.82. The van der Waals surface area contributed by atoms with Gasteiger partial charge in [0.2, 0.25) is 0 Å². The molecule has 0 saturated carbocycles. The molecule has 11 heavy (non-hydrogen) atoms. The van der Waals surface area contributed by atoms with Crippen molar-refractivity contribution in [1.82, 2.24) is 0 Å². The Labute approximate surface area is 70.5 Å². The first-order valence-corrected chi connectivity index (χ1v) is 3.56. The Morgan fingerprint density at radius 2 is 1.91 bits per heavy atom. The van der Waals surface area contributed by atoms with Crippen LogP contribution in [0.5, 0.6) is 0 Å². The molecule has 0 amide bonds. The van der Waals surface area contributed by atoms with Gasteiger partial charge in [-0.15, -0.1) is 0 Å². The third kappa shape index (κ3) is 1.49. The Hall–Kier alpha value is -0.680. The van der Waals surface area contributed by atoms with E-state index in [1.165, 1.54) is 12.1 Å². The number of nitrogens with two attached hydrogens (primary N) is 1.